The molecule has 3 aromatic carbocycles. The number of para-hydroxylation sites is 1. The van der Waals surface area contributed by atoms with E-state index in [0.29, 0.717) is 12.8 Å². The van der Waals surface area contributed by atoms with E-state index >= 15 is 0 Å². The van der Waals surface area contributed by atoms with Crippen molar-refractivity contribution < 1.29 is 9.30 Å². The summed E-state index contributed by atoms with van der Waals surface area (Å²) in [6.07, 6.45) is 0.595. The van der Waals surface area contributed by atoms with Gasteiger partial charge in [-0.15, -0.1) is 0 Å². The van der Waals surface area contributed by atoms with Crippen LogP contribution in [0.3, 0.4) is 0 Å². The fraction of sp³-hybridized carbons (Fsp3) is 0.143. The third-order valence-corrected chi connectivity index (χ3v) is 7.84. The number of hydrogen-bond acceptors (Lipinski definition) is 2. The van der Waals surface area contributed by atoms with Crippen molar-refractivity contribution in [1.82, 2.24) is 0 Å². The van der Waals surface area contributed by atoms with E-state index in [4.69, 9.17) is 4.74 Å². The summed E-state index contributed by atoms with van der Waals surface area (Å²) in [6.45, 7) is 0.600. The minimum Gasteiger partial charge on any atom is -0.493 e. The zero-order chi connectivity index (χ0) is 16.4. The van der Waals surface area contributed by atoms with Gasteiger partial charge in [0.25, 0.3) is 0 Å². The van der Waals surface area contributed by atoms with Crippen LogP contribution in [0.2, 0.25) is 0 Å². The largest absolute Gasteiger partial charge is 0.493 e. The Labute approximate surface area is 142 Å². The second-order valence-corrected chi connectivity index (χ2v) is 9.02. The van der Waals surface area contributed by atoms with Crippen molar-refractivity contribution in [3.63, 3.8) is 0 Å². The number of ether oxygens (including phenoxy) is 1. The van der Waals surface area contributed by atoms with Crippen LogP contribution in [0.5, 0.6) is 5.75 Å². The van der Waals surface area contributed by atoms with Crippen LogP contribution in [0.15, 0.2) is 84.9 Å². The molecule has 0 bridgehead atoms. The average Bonchev–Trinajstić information content (AvgIpc) is 3.06. The first-order valence-corrected chi connectivity index (χ1v) is 10.1. The molecule has 4 rings (SSSR count). The number of rotatable bonds is 4. The minimum atomic E-state index is -2.71. The molecule has 3 aromatic rings. The van der Waals surface area contributed by atoms with Crippen molar-refractivity contribution >= 4 is 17.8 Å². The maximum atomic E-state index is 14.1. The van der Waals surface area contributed by atoms with Gasteiger partial charge < -0.3 is 9.30 Å². The molecular formula is C21H19O2P. The quantitative estimate of drug-likeness (QED) is 0.669. The second kappa shape index (κ2) is 6.30. The lowest BCUT2D eigenvalue weighted by Gasteiger charge is -2.22. The molecule has 0 aromatic heterocycles. The predicted molar refractivity (Wildman–Crippen MR) is 99.3 cm³/mol. The summed E-state index contributed by atoms with van der Waals surface area (Å²) >= 11 is 0. The Balaban J connectivity index is 1.77. The van der Waals surface area contributed by atoms with Crippen molar-refractivity contribution in [2.75, 3.05) is 12.8 Å². The molecule has 0 N–H and O–H groups in total. The van der Waals surface area contributed by atoms with Gasteiger partial charge in [-0.2, -0.15) is 0 Å². The molecule has 0 saturated heterocycles. The van der Waals surface area contributed by atoms with Gasteiger partial charge in [0, 0.05) is 28.3 Å². The van der Waals surface area contributed by atoms with Crippen molar-refractivity contribution in [2.45, 2.75) is 5.92 Å². The zero-order valence-corrected chi connectivity index (χ0v) is 14.2. The SMILES string of the molecule is O=P(CC1COc2ccccc21)(c1ccccc1)c1ccccc1. The Bertz CT molecular complexity index is 831. The van der Waals surface area contributed by atoms with Gasteiger partial charge in [0.2, 0.25) is 0 Å². The molecule has 0 aliphatic carbocycles. The molecule has 0 amide bonds. The van der Waals surface area contributed by atoms with Crippen molar-refractivity contribution in [3.8, 4) is 5.75 Å². The predicted octanol–water partition coefficient (Wildman–Crippen LogP) is 4.18. The van der Waals surface area contributed by atoms with Crippen LogP contribution in [-0.2, 0) is 4.57 Å². The lowest BCUT2D eigenvalue weighted by atomic mass is 10.0. The summed E-state index contributed by atoms with van der Waals surface area (Å²) < 4.78 is 19.9. The molecule has 2 nitrogen and oxygen atoms in total. The van der Waals surface area contributed by atoms with Crippen LogP contribution in [-0.4, -0.2) is 12.8 Å². The van der Waals surface area contributed by atoms with E-state index in [2.05, 4.69) is 6.07 Å². The summed E-state index contributed by atoms with van der Waals surface area (Å²) in [5, 5.41) is 1.83. The molecule has 1 aliphatic rings. The van der Waals surface area contributed by atoms with E-state index in [0.717, 1.165) is 16.4 Å². The van der Waals surface area contributed by atoms with E-state index in [1.54, 1.807) is 0 Å². The van der Waals surface area contributed by atoms with Crippen molar-refractivity contribution in [1.29, 1.82) is 0 Å². The summed E-state index contributed by atoms with van der Waals surface area (Å²) in [5.74, 6) is 1.09. The van der Waals surface area contributed by atoms with E-state index in [9.17, 15) is 4.57 Å². The summed E-state index contributed by atoms with van der Waals surface area (Å²) in [6, 6.07) is 27.8. The van der Waals surface area contributed by atoms with Crippen LogP contribution in [0.1, 0.15) is 11.5 Å². The molecule has 0 saturated carbocycles. The standard InChI is InChI=1S/C21H19O2P/c22-24(18-9-3-1-4-10-18,19-11-5-2-6-12-19)16-17-15-23-21-14-8-7-13-20(17)21/h1-14,17H,15-16H2. The fourth-order valence-electron chi connectivity index (χ4n) is 3.39. The van der Waals surface area contributed by atoms with Gasteiger partial charge in [-0.25, -0.2) is 0 Å². The topological polar surface area (TPSA) is 26.3 Å². The first-order chi connectivity index (χ1) is 11.8. The Morgan fingerprint density at radius 3 is 1.96 bits per heavy atom. The lowest BCUT2D eigenvalue weighted by molar-refractivity contribution is 0.338. The molecule has 24 heavy (non-hydrogen) atoms. The normalized spacial score (nSPS) is 16.4. The van der Waals surface area contributed by atoms with Gasteiger partial charge >= 0.3 is 0 Å². The van der Waals surface area contributed by atoms with Gasteiger partial charge in [-0.3, -0.25) is 0 Å². The highest BCUT2D eigenvalue weighted by molar-refractivity contribution is 7.78. The smallest absolute Gasteiger partial charge is 0.143 e. The number of benzene rings is 3. The molecule has 1 unspecified atom stereocenters. The first kappa shape index (κ1) is 15.2. The molecule has 1 atom stereocenters. The Kier molecular flexibility index (Phi) is 4.00. The van der Waals surface area contributed by atoms with Crippen LogP contribution in [0, 0.1) is 0 Å². The highest BCUT2D eigenvalue weighted by atomic mass is 31.2. The van der Waals surface area contributed by atoms with E-state index in [-0.39, 0.29) is 5.92 Å². The molecular weight excluding hydrogens is 315 g/mol. The van der Waals surface area contributed by atoms with Crippen LogP contribution >= 0.6 is 7.14 Å². The Morgan fingerprint density at radius 1 is 0.792 bits per heavy atom. The van der Waals surface area contributed by atoms with Gasteiger partial charge in [0.15, 0.2) is 0 Å². The van der Waals surface area contributed by atoms with E-state index in [1.165, 1.54) is 5.56 Å². The highest BCUT2D eigenvalue weighted by Gasteiger charge is 2.34. The summed E-state index contributed by atoms with van der Waals surface area (Å²) in [7, 11) is -2.71. The molecule has 120 valence electrons. The maximum absolute atomic E-state index is 14.1. The molecule has 3 heteroatoms. The molecule has 0 fully saturated rings. The van der Waals surface area contributed by atoms with Gasteiger partial charge in [-0.1, -0.05) is 78.9 Å². The fourth-order valence-corrected chi connectivity index (χ4v) is 6.34. The van der Waals surface area contributed by atoms with Crippen LogP contribution < -0.4 is 15.3 Å². The Morgan fingerprint density at radius 2 is 1.33 bits per heavy atom. The monoisotopic (exact) mass is 334 g/mol. The zero-order valence-electron chi connectivity index (χ0n) is 13.3. The van der Waals surface area contributed by atoms with Crippen molar-refractivity contribution in [3.05, 3.63) is 90.5 Å². The van der Waals surface area contributed by atoms with E-state index in [1.807, 2.05) is 78.9 Å². The summed E-state index contributed by atoms with van der Waals surface area (Å²) in [5.41, 5.74) is 1.17. The minimum absolute atomic E-state index is 0.160. The maximum Gasteiger partial charge on any atom is 0.143 e. The molecule has 0 spiro atoms. The first-order valence-electron chi connectivity index (χ1n) is 8.19. The molecule has 0 radical (unpaired) electrons. The summed E-state index contributed by atoms with van der Waals surface area (Å²) in [4.78, 5) is 0. The van der Waals surface area contributed by atoms with Gasteiger partial charge in [0.1, 0.15) is 12.9 Å². The number of fused-ring (bicyclic) bond motifs is 1. The van der Waals surface area contributed by atoms with Gasteiger partial charge in [0.05, 0.1) is 6.61 Å². The average molecular weight is 334 g/mol. The number of hydrogen-bond donors (Lipinski definition) is 0. The lowest BCUT2D eigenvalue weighted by Crippen LogP contribution is -2.22. The third-order valence-electron chi connectivity index (χ3n) is 4.62. The van der Waals surface area contributed by atoms with Gasteiger partial charge in [-0.05, 0) is 6.07 Å². The molecule has 1 heterocycles. The van der Waals surface area contributed by atoms with Crippen LogP contribution in [0.25, 0.3) is 0 Å². The Hall–Kier alpha value is -2.31. The molecule has 1 aliphatic heterocycles. The van der Waals surface area contributed by atoms with E-state index < -0.39 is 7.14 Å². The third kappa shape index (κ3) is 2.68. The van der Waals surface area contributed by atoms with Crippen molar-refractivity contribution in [2.24, 2.45) is 0 Å². The van der Waals surface area contributed by atoms with Crippen LogP contribution in [0.4, 0.5) is 0 Å². The second-order valence-electron chi connectivity index (χ2n) is 6.14. The highest BCUT2D eigenvalue weighted by Crippen LogP contribution is 2.49.